The smallest absolute Gasteiger partial charge is 0.237 e. The third-order valence-electron chi connectivity index (χ3n) is 7.86. The zero-order valence-electron chi connectivity index (χ0n) is 30.2. The first-order valence-corrected chi connectivity index (χ1v) is 15.8. The van der Waals surface area contributed by atoms with Gasteiger partial charge in [-0.1, -0.05) is 93.6 Å². The summed E-state index contributed by atoms with van der Waals surface area (Å²) in [6.07, 6.45) is 7.93. The number of anilines is 1. The second kappa shape index (κ2) is 26.4. The van der Waals surface area contributed by atoms with Crippen LogP contribution in [0.5, 0.6) is 0 Å². The van der Waals surface area contributed by atoms with Gasteiger partial charge in [-0.2, -0.15) is 0 Å². The molecule has 2 saturated carbocycles. The molecule has 8 nitrogen and oxygen atoms in total. The molecule has 4 fully saturated rings. The Labute approximate surface area is 309 Å². The Kier molecular flexibility index (Phi) is 27.5. The van der Waals surface area contributed by atoms with E-state index in [4.69, 9.17) is 5.11 Å². The topological polar surface area (TPSA) is 112 Å². The van der Waals surface area contributed by atoms with Crippen molar-refractivity contribution in [1.82, 2.24) is 4.90 Å². The molecule has 2 aromatic carbocycles. The molecule has 2 aromatic rings. The van der Waals surface area contributed by atoms with Gasteiger partial charge in [0.05, 0.1) is 29.4 Å². The van der Waals surface area contributed by atoms with Crippen molar-refractivity contribution >= 4 is 35.1 Å². The van der Waals surface area contributed by atoms with Crippen LogP contribution < -0.4 is 4.90 Å². The van der Waals surface area contributed by atoms with Gasteiger partial charge in [0.2, 0.25) is 23.6 Å². The largest absolute Gasteiger partial charge is 0.400 e. The fourth-order valence-electron chi connectivity index (χ4n) is 5.86. The summed E-state index contributed by atoms with van der Waals surface area (Å²) in [4.78, 5) is 59.6. The maximum atomic E-state index is 12.3. The Morgan fingerprint density at radius 3 is 1.17 bits per heavy atom. The first-order chi connectivity index (χ1) is 21.1. The fraction of sp³-hybridized carbons (Fsp3) is 0.500. The molecule has 0 aromatic heterocycles. The normalized spacial score (nSPS) is 21.4. The van der Waals surface area contributed by atoms with Crippen molar-refractivity contribution in [1.29, 1.82) is 0 Å². The molecule has 2 aliphatic heterocycles. The Bertz CT molecular complexity index is 1140. The number of amides is 4. The van der Waals surface area contributed by atoms with Gasteiger partial charge < -0.3 is 24.8 Å². The van der Waals surface area contributed by atoms with E-state index in [0.29, 0.717) is 0 Å². The number of benzene rings is 2. The molecule has 4 aliphatic rings. The number of hydrogen-bond acceptors (Lipinski definition) is 6. The van der Waals surface area contributed by atoms with E-state index >= 15 is 0 Å². The van der Waals surface area contributed by atoms with Gasteiger partial charge in [0.1, 0.15) is 5.78 Å². The number of aliphatic hydroxyl groups is 1. The third kappa shape index (κ3) is 14.6. The van der Waals surface area contributed by atoms with E-state index < -0.39 is 0 Å². The zero-order valence-corrected chi connectivity index (χ0v) is 33.0. The second-order valence-electron chi connectivity index (χ2n) is 11.1. The first-order valence-electron chi connectivity index (χ1n) is 15.8. The van der Waals surface area contributed by atoms with Crippen molar-refractivity contribution in [2.75, 3.05) is 19.1 Å². The van der Waals surface area contributed by atoms with Gasteiger partial charge in [-0.15, -0.1) is 0 Å². The molecular weight excluding hydrogens is 669 g/mol. The number of hydrogen-bond donors (Lipinski definition) is 1. The molecule has 2 aliphatic carbocycles. The molecule has 9 heteroatoms. The van der Waals surface area contributed by atoms with Crippen LogP contribution in [0, 0.1) is 45.4 Å². The monoisotopic (exact) mass is 727 g/mol. The predicted octanol–water partition coefficient (Wildman–Crippen LogP) is 7.28. The summed E-state index contributed by atoms with van der Waals surface area (Å²) in [6, 6.07) is 19.5. The Hall–Kier alpha value is -2.55. The molecule has 261 valence electrons. The minimum absolute atomic E-state index is 0. The summed E-state index contributed by atoms with van der Waals surface area (Å²) in [5.74, 6) is 0.201. The van der Waals surface area contributed by atoms with Crippen molar-refractivity contribution in [3.8, 4) is 0 Å². The van der Waals surface area contributed by atoms with Crippen molar-refractivity contribution in [3.05, 3.63) is 81.1 Å². The van der Waals surface area contributed by atoms with E-state index in [0.717, 1.165) is 64.2 Å². The number of ketones is 1. The number of carbonyl (C=O) groups excluding carboxylic acids is 5. The maximum Gasteiger partial charge on any atom is 0.237 e. The molecule has 1 radical (unpaired) electrons. The van der Waals surface area contributed by atoms with Crippen molar-refractivity contribution in [3.63, 3.8) is 0 Å². The van der Waals surface area contributed by atoms with Crippen molar-refractivity contribution in [2.24, 2.45) is 23.7 Å². The van der Waals surface area contributed by atoms with Crippen LogP contribution >= 0.6 is 0 Å². The van der Waals surface area contributed by atoms with Crippen molar-refractivity contribution < 1.29 is 61.8 Å². The minimum Gasteiger partial charge on any atom is -0.400 e. The van der Waals surface area contributed by atoms with Gasteiger partial charge >= 0.3 is 0 Å². The van der Waals surface area contributed by atoms with Crippen LogP contribution in [0.4, 0.5) is 5.69 Å². The Morgan fingerprint density at radius 1 is 0.617 bits per heavy atom. The second-order valence-corrected chi connectivity index (χ2v) is 11.1. The van der Waals surface area contributed by atoms with Gasteiger partial charge in [0.25, 0.3) is 0 Å². The quantitative estimate of drug-likeness (QED) is 0.244. The number of nitrogens with zero attached hydrogens (tertiary/aromatic N) is 2. The number of para-hydroxylation sites is 1. The van der Waals surface area contributed by atoms with Gasteiger partial charge in [-0.3, -0.25) is 29.0 Å². The molecule has 47 heavy (non-hydrogen) atoms. The van der Waals surface area contributed by atoms with E-state index in [9.17, 15) is 24.0 Å². The summed E-state index contributed by atoms with van der Waals surface area (Å²) in [7, 11) is 2.60. The Morgan fingerprint density at radius 2 is 0.894 bits per heavy atom. The standard InChI is InChI=1S/C14H15NO2.C9H13NO2.C7H8.C3H6O.C2H6.CH4O.2CH3.Y/c16-13-11-8-4-5-9-12(11)14(17)15(13)10-6-2-1-3-7-10;1-10-8(11)6-4-2-3-5-7(6)9(10)12;1-7-5-3-2-4-6-7;1-3(2)4;2*1-2;;;/h1-3,6-7,11-12H,4-5,8-9H2;6-7H,2-5H2,1H3;2-6H,1H3;1-2H3;1-2H3;2H,1H3;2*1H3;/q;;;;;;2*-1;. The van der Waals surface area contributed by atoms with Gasteiger partial charge in [-0.05, 0) is 58.6 Å². The molecule has 2 heterocycles. The number of imide groups is 2. The number of Topliss-reactive ketones (excluding diaryl/α,β-unsaturated/α-hetero) is 1. The first kappa shape index (κ1) is 48.8. The van der Waals surface area contributed by atoms with Gasteiger partial charge in [-0.25, -0.2) is 0 Å². The van der Waals surface area contributed by atoms with Gasteiger partial charge in [0, 0.05) is 46.9 Å². The van der Waals surface area contributed by atoms with Crippen LogP contribution in [0.25, 0.3) is 0 Å². The van der Waals surface area contributed by atoms with Crippen LogP contribution in [-0.4, -0.2) is 53.6 Å². The summed E-state index contributed by atoms with van der Waals surface area (Å²) < 4.78 is 0. The molecule has 4 atom stereocenters. The number of likely N-dealkylation sites (tertiary alicyclic amines) is 1. The third-order valence-corrected chi connectivity index (χ3v) is 7.86. The zero-order chi connectivity index (χ0) is 33.2. The molecule has 0 spiro atoms. The average molecular weight is 728 g/mol. The summed E-state index contributed by atoms with van der Waals surface area (Å²) >= 11 is 0. The number of rotatable bonds is 1. The van der Waals surface area contributed by atoms with E-state index in [-0.39, 0.29) is 101 Å². The SMILES string of the molecule is CC.CC(C)=O.CN1C(=O)C2CCCCC2C1=O.CO.Cc1ccccc1.O=C1C2CCCCC2C(=O)N1c1ccccc1.[CH3-].[CH3-].[Y]. The molecule has 4 unspecified atom stereocenters. The average Bonchev–Trinajstić information content (AvgIpc) is 3.44. The number of fused-ring (bicyclic) bond motifs is 2. The maximum absolute atomic E-state index is 12.3. The molecule has 0 bridgehead atoms. The Balaban J connectivity index is -0.000000569. The molecule has 1 N–H and O–H groups in total. The van der Waals surface area contributed by atoms with Crippen LogP contribution in [0.2, 0.25) is 0 Å². The molecule has 4 amide bonds. The summed E-state index contributed by atoms with van der Waals surface area (Å²) in [5.41, 5.74) is 2.04. The van der Waals surface area contributed by atoms with E-state index in [1.165, 1.54) is 29.2 Å². The van der Waals surface area contributed by atoms with Crippen molar-refractivity contribution in [2.45, 2.75) is 86.0 Å². The number of aliphatic hydroxyl groups excluding tert-OH is 1. The van der Waals surface area contributed by atoms with Gasteiger partial charge in [0.15, 0.2) is 0 Å². The van der Waals surface area contributed by atoms with E-state index in [1.807, 2.05) is 62.4 Å². The number of carbonyl (C=O) groups is 5. The summed E-state index contributed by atoms with van der Waals surface area (Å²) in [5, 5.41) is 7.00. The van der Waals surface area contributed by atoms with Crippen LogP contribution in [0.1, 0.15) is 84.6 Å². The molecular formula is C38H58N2O6Y-2. The minimum atomic E-state index is -0.0588. The van der Waals surface area contributed by atoms with E-state index in [1.54, 1.807) is 7.05 Å². The van der Waals surface area contributed by atoms with Crippen LogP contribution in [0.3, 0.4) is 0 Å². The van der Waals surface area contributed by atoms with E-state index in [2.05, 4.69) is 19.1 Å². The van der Waals surface area contributed by atoms with Crippen LogP contribution in [-0.2, 0) is 56.7 Å². The van der Waals surface area contributed by atoms with Crippen LogP contribution in [0.15, 0.2) is 60.7 Å². The predicted molar refractivity (Wildman–Crippen MR) is 187 cm³/mol. The summed E-state index contributed by atoms with van der Waals surface area (Å²) in [6.45, 7) is 9.14. The number of aryl methyl sites for hydroxylation is 1. The molecule has 2 saturated heterocycles. The molecule has 6 rings (SSSR count). The fourth-order valence-corrected chi connectivity index (χ4v) is 5.86.